The molecule has 0 atom stereocenters. The lowest BCUT2D eigenvalue weighted by Gasteiger charge is -2.15. The molecule has 0 spiro atoms. The molecule has 0 radical (unpaired) electrons. The van der Waals surface area contributed by atoms with Crippen molar-refractivity contribution in [1.82, 2.24) is 15.6 Å². The first-order valence-electron chi connectivity index (χ1n) is 7.96. The normalized spacial score (nSPS) is 15.9. The highest BCUT2D eigenvalue weighted by molar-refractivity contribution is 6.06. The van der Waals surface area contributed by atoms with E-state index in [9.17, 15) is 14.4 Å². The number of urea groups is 1. The SMILES string of the molecule is COc1ccc(/C=N\NC(=O)CCN2C(=O)NC(C)(C)C2=O)c(OC)c1. The molecule has 1 fully saturated rings. The van der Waals surface area contributed by atoms with Crippen LogP contribution < -0.4 is 20.2 Å². The van der Waals surface area contributed by atoms with Crippen LogP contribution in [0.3, 0.4) is 0 Å². The number of nitrogens with one attached hydrogen (secondary N) is 2. The van der Waals surface area contributed by atoms with E-state index in [1.165, 1.54) is 13.3 Å². The molecule has 26 heavy (non-hydrogen) atoms. The van der Waals surface area contributed by atoms with Crippen LogP contribution in [0.15, 0.2) is 23.3 Å². The Kier molecular flexibility index (Phi) is 5.81. The predicted molar refractivity (Wildman–Crippen MR) is 94.2 cm³/mol. The molecular formula is C17H22N4O5. The zero-order valence-corrected chi connectivity index (χ0v) is 15.2. The van der Waals surface area contributed by atoms with E-state index < -0.39 is 17.5 Å². The van der Waals surface area contributed by atoms with Crippen molar-refractivity contribution >= 4 is 24.1 Å². The number of ether oxygens (including phenoxy) is 2. The Labute approximate surface area is 151 Å². The zero-order chi connectivity index (χ0) is 19.3. The molecule has 1 aliphatic rings. The van der Waals surface area contributed by atoms with Crippen LogP contribution in [-0.4, -0.2) is 55.3 Å². The largest absolute Gasteiger partial charge is 0.497 e. The van der Waals surface area contributed by atoms with Crippen molar-refractivity contribution in [3.63, 3.8) is 0 Å². The number of hydrazone groups is 1. The molecule has 0 aliphatic carbocycles. The summed E-state index contributed by atoms with van der Waals surface area (Å²) in [5.74, 6) is 0.407. The van der Waals surface area contributed by atoms with E-state index in [1.54, 1.807) is 39.2 Å². The summed E-state index contributed by atoms with van der Waals surface area (Å²) in [6.45, 7) is 3.21. The van der Waals surface area contributed by atoms with Crippen molar-refractivity contribution in [3.05, 3.63) is 23.8 Å². The lowest BCUT2D eigenvalue weighted by Crippen LogP contribution is -2.40. The number of hydrogen-bond acceptors (Lipinski definition) is 6. The Morgan fingerprint density at radius 3 is 2.62 bits per heavy atom. The maximum absolute atomic E-state index is 12.0. The average Bonchev–Trinajstić information content (AvgIpc) is 2.80. The van der Waals surface area contributed by atoms with Gasteiger partial charge in [-0.2, -0.15) is 5.10 Å². The van der Waals surface area contributed by atoms with E-state index in [2.05, 4.69) is 15.8 Å². The van der Waals surface area contributed by atoms with Gasteiger partial charge in [0, 0.05) is 24.6 Å². The fourth-order valence-electron chi connectivity index (χ4n) is 2.39. The van der Waals surface area contributed by atoms with Gasteiger partial charge in [0.15, 0.2) is 0 Å². The number of benzene rings is 1. The highest BCUT2D eigenvalue weighted by Gasteiger charge is 2.43. The Balaban J connectivity index is 1.88. The summed E-state index contributed by atoms with van der Waals surface area (Å²) >= 11 is 0. The monoisotopic (exact) mass is 362 g/mol. The van der Waals surface area contributed by atoms with Gasteiger partial charge in [0.05, 0.1) is 20.4 Å². The van der Waals surface area contributed by atoms with Gasteiger partial charge in [-0.25, -0.2) is 10.2 Å². The summed E-state index contributed by atoms with van der Waals surface area (Å²) in [6.07, 6.45) is 1.39. The maximum atomic E-state index is 12.0. The fraction of sp³-hybridized carbons (Fsp3) is 0.412. The molecule has 4 amide bonds. The molecule has 9 heteroatoms. The molecule has 0 saturated carbocycles. The molecule has 1 saturated heterocycles. The second-order valence-corrected chi connectivity index (χ2v) is 6.16. The lowest BCUT2D eigenvalue weighted by molar-refractivity contribution is -0.130. The number of hydrogen-bond donors (Lipinski definition) is 2. The molecule has 0 bridgehead atoms. The van der Waals surface area contributed by atoms with Gasteiger partial charge in [-0.1, -0.05) is 0 Å². The predicted octanol–water partition coefficient (Wildman–Crippen LogP) is 0.874. The van der Waals surface area contributed by atoms with Crippen molar-refractivity contribution in [3.8, 4) is 11.5 Å². The third kappa shape index (κ3) is 4.29. The van der Waals surface area contributed by atoms with Gasteiger partial charge in [-0.15, -0.1) is 0 Å². The molecular weight excluding hydrogens is 340 g/mol. The summed E-state index contributed by atoms with van der Waals surface area (Å²) in [5, 5.41) is 6.42. The van der Waals surface area contributed by atoms with Crippen molar-refractivity contribution < 1.29 is 23.9 Å². The smallest absolute Gasteiger partial charge is 0.325 e. The van der Waals surface area contributed by atoms with E-state index in [-0.39, 0.29) is 18.9 Å². The van der Waals surface area contributed by atoms with Gasteiger partial charge in [-0.05, 0) is 26.0 Å². The van der Waals surface area contributed by atoms with E-state index in [1.807, 2.05) is 0 Å². The topological polar surface area (TPSA) is 109 Å². The zero-order valence-electron chi connectivity index (χ0n) is 15.2. The number of carbonyl (C=O) groups excluding carboxylic acids is 3. The number of nitrogens with zero attached hydrogens (tertiary/aromatic N) is 2. The van der Waals surface area contributed by atoms with Gasteiger partial charge >= 0.3 is 6.03 Å². The molecule has 140 valence electrons. The molecule has 1 aromatic rings. The van der Waals surface area contributed by atoms with Crippen molar-refractivity contribution in [2.45, 2.75) is 25.8 Å². The quantitative estimate of drug-likeness (QED) is 0.425. The molecule has 9 nitrogen and oxygen atoms in total. The first-order chi connectivity index (χ1) is 12.3. The van der Waals surface area contributed by atoms with Crippen LogP contribution in [0, 0.1) is 0 Å². The van der Waals surface area contributed by atoms with Crippen molar-refractivity contribution in [2.24, 2.45) is 5.10 Å². The van der Waals surface area contributed by atoms with Crippen LogP contribution in [0.2, 0.25) is 0 Å². The summed E-state index contributed by atoms with van der Waals surface area (Å²) in [6, 6.07) is 4.68. The summed E-state index contributed by atoms with van der Waals surface area (Å²) in [5.41, 5.74) is 2.07. The third-order valence-corrected chi connectivity index (χ3v) is 3.84. The Bertz CT molecular complexity index is 745. The highest BCUT2D eigenvalue weighted by atomic mass is 16.5. The molecule has 1 aromatic carbocycles. The molecule has 1 aliphatic heterocycles. The first kappa shape index (κ1) is 19.2. The van der Waals surface area contributed by atoms with Crippen LogP contribution in [0.25, 0.3) is 0 Å². The van der Waals surface area contributed by atoms with Gasteiger partial charge < -0.3 is 14.8 Å². The van der Waals surface area contributed by atoms with E-state index in [4.69, 9.17) is 9.47 Å². The first-order valence-corrected chi connectivity index (χ1v) is 7.96. The number of amides is 4. The molecule has 2 N–H and O–H groups in total. The second kappa shape index (κ2) is 7.85. The van der Waals surface area contributed by atoms with Crippen LogP contribution in [-0.2, 0) is 9.59 Å². The number of rotatable bonds is 7. The van der Waals surface area contributed by atoms with Gasteiger partial charge in [0.2, 0.25) is 5.91 Å². The molecule has 1 heterocycles. The molecule has 0 aromatic heterocycles. The fourth-order valence-corrected chi connectivity index (χ4v) is 2.39. The van der Waals surface area contributed by atoms with E-state index >= 15 is 0 Å². The number of imide groups is 1. The number of methoxy groups -OCH3 is 2. The lowest BCUT2D eigenvalue weighted by atomic mass is 10.1. The number of carbonyl (C=O) groups is 3. The second-order valence-electron chi connectivity index (χ2n) is 6.16. The van der Waals surface area contributed by atoms with Gasteiger partial charge in [0.25, 0.3) is 5.91 Å². The Morgan fingerprint density at radius 1 is 1.31 bits per heavy atom. The molecule has 2 rings (SSSR count). The molecule has 0 unspecified atom stereocenters. The maximum Gasteiger partial charge on any atom is 0.325 e. The van der Waals surface area contributed by atoms with Gasteiger partial charge in [-0.3, -0.25) is 14.5 Å². The van der Waals surface area contributed by atoms with E-state index in [0.29, 0.717) is 17.1 Å². The van der Waals surface area contributed by atoms with Gasteiger partial charge in [0.1, 0.15) is 17.0 Å². The minimum absolute atomic E-state index is 0.0126. The van der Waals surface area contributed by atoms with Crippen LogP contribution in [0.1, 0.15) is 25.8 Å². The summed E-state index contributed by atoms with van der Waals surface area (Å²) in [7, 11) is 3.07. The highest BCUT2D eigenvalue weighted by Crippen LogP contribution is 2.23. The standard InChI is InChI=1S/C17H22N4O5/c1-17(2)15(23)21(16(24)19-17)8-7-14(22)20-18-10-11-5-6-12(25-3)9-13(11)26-4/h5-6,9-10H,7-8H2,1-4H3,(H,19,24)(H,20,22)/b18-10-. The minimum Gasteiger partial charge on any atom is -0.497 e. The van der Waals surface area contributed by atoms with Crippen molar-refractivity contribution in [1.29, 1.82) is 0 Å². The van der Waals surface area contributed by atoms with Crippen LogP contribution in [0.5, 0.6) is 11.5 Å². The third-order valence-electron chi connectivity index (χ3n) is 3.84. The Morgan fingerprint density at radius 2 is 2.04 bits per heavy atom. The minimum atomic E-state index is -0.948. The summed E-state index contributed by atoms with van der Waals surface area (Å²) in [4.78, 5) is 36.7. The van der Waals surface area contributed by atoms with E-state index in [0.717, 1.165) is 4.90 Å². The van der Waals surface area contributed by atoms with Crippen LogP contribution in [0.4, 0.5) is 4.79 Å². The van der Waals surface area contributed by atoms with Crippen molar-refractivity contribution in [2.75, 3.05) is 20.8 Å². The van der Waals surface area contributed by atoms with Crippen LogP contribution >= 0.6 is 0 Å². The summed E-state index contributed by atoms with van der Waals surface area (Å²) < 4.78 is 10.3. The Hall–Kier alpha value is -3.10. The average molecular weight is 362 g/mol.